The molecule has 90 valence electrons. The Bertz CT molecular complexity index is 352. The van der Waals surface area contributed by atoms with Crippen LogP contribution in [0, 0.1) is 6.92 Å². The van der Waals surface area contributed by atoms with Crippen molar-refractivity contribution < 1.29 is 4.52 Å². The maximum Gasteiger partial charge on any atom is 0.240 e. The number of nitrogens with one attached hydrogen (secondary N) is 1. The van der Waals surface area contributed by atoms with Crippen LogP contribution in [-0.2, 0) is 6.54 Å². The van der Waals surface area contributed by atoms with Gasteiger partial charge >= 0.3 is 0 Å². The third-order valence-corrected chi connectivity index (χ3v) is 3.26. The molecule has 5 nitrogen and oxygen atoms in total. The van der Waals surface area contributed by atoms with Crippen LogP contribution in [0.15, 0.2) is 4.52 Å². The van der Waals surface area contributed by atoms with E-state index in [1.807, 2.05) is 6.92 Å². The molecule has 0 spiro atoms. The average Bonchev–Trinajstić information content (AvgIpc) is 2.64. The van der Waals surface area contributed by atoms with Gasteiger partial charge in [0.15, 0.2) is 5.82 Å². The van der Waals surface area contributed by atoms with Gasteiger partial charge < -0.3 is 9.84 Å². The van der Waals surface area contributed by atoms with Gasteiger partial charge in [0.25, 0.3) is 0 Å². The first kappa shape index (κ1) is 11.5. The lowest BCUT2D eigenvalue weighted by Crippen LogP contribution is -2.58. The molecule has 1 fully saturated rings. The number of rotatable bonds is 3. The van der Waals surface area contributed by atoms with Crippen LogP contribution >= 0.6 is 0 Å². The molecule has 1 aromatic rings. The standard InChI is InChI=1S/C11H20N4O/c1-4-11(3)8-15(6-5-12-11)7-10-13-9(2)14-16-10/h12H,4-8H2,1-3H3. The van der Waals surface area contributed by atoms with Crippen molar-refractivity contribution >= 4 is 0 Å². The molecular weight excluding hydrogens is 204 g/mol. The Morgan fingerprint density at radius 3 is 3.00 bits per heavy atom. The summed E-state index contributed by atoms with van der Waals surface area (Å²) in [6.45, 7) is 10.2. The van der Waals surface area contributed by atoms with Gasteiger partial charge in [0.2, 0.25) is 5.89 Å². The zero-order valence-corrected chi connectivity index (χ0v) is 10.3. The van der Waals surface area contributed by atoms with Gasteiger partial charge in [-0.1, -0.05) is 12.1 Å². The molecule has 0 aliphatic carbocycles. The number of nitrogens with zero attached hydrogens (tertiary/aromatic N) is 3. The highest BCUT2D eigenvalue weighted by molar-refractivity contribution is 4.92. The van der Waals surface area contributed by atoms with E-state index in [0.29, 0.717) is 5.82 Å². The van der Waals surface area contributed by atoms with E-state index in [2.05, 4.69) is 34.2 Å². The summed E-state index contributed by atoms with van der Waals surface area (Å²) in [5.41, 5.74) is 0.216. The highest BCUT2D eigenvalue weighted by Gasteiger charge is 2.29. The second kappa shape index (κ2) is 4.51. The quantitative estimate of drug-likeness (QED) is 0.828. The van der Waals surface area contributed by atoms with Crippen LogP contribution in [0.2, 0.25) is 0 Å². The van der Waals surface area contributed by atoms with Crippen molar-refractivity contribution in [1.82, 2.24) is 20.4 Å². The summed E-state index contributed by atoms with van der Waals surface area (Å²) in [7, 11) is 0. The number of hydrogen-bond donors (Lipinski definition) is 1. The number of hydrogen-bond acceptors (Lipinski definition) is 5. The Morgan fingerprint density at radius 2 is 2.38 bits per heavy atom. The fourth-order valence-electron chi connectivity index (χ4n) is 2.11. The number of piperazine rings is 1. The first-order valence-corrected chi connectivity index (χ1v) is 5.88. The first-order chi connectivity index (χ1) is 7.61. The SMILES string of the molecule is CCC1(C)CN(Cc2nc(C)no2)CCN1. The molecule has 0 saturated carbocycles. The van der Waals surface area contributed by atoms with Crippen LogP contribution in [0.5, 0.6) is 0 Å². The van der Waals surface area contributed by atoms with Crippen LogP contribution in [0.3, 0.4) is 0 Å². The van der Waals surface area contributed by atoms with E-state index < -0.39 is 0 Å². The predicted octanol–water partition coefficient (Wildman–Crippen LogP) is 0.952. The minimum atomic E-state index is 0.216. The summed E-state index contributed by atoms with van der Waals surface area (Å²) in [5.74, 6) is 1.43. The summed E-state index contributed by atoms with van der Waals surface area (Å²) in [6.07, 6.45) is 1.13. The van der Waals surface area contributed by atoms with Crippen LogP contribution in [0.4, 0.5) is 0 Å². The van der Waals surface area contributed by atoms with Crippen molar-refractivity contribution in [2.45, 2.75) is 39.3 Å². The molecule has 5 heteroatoms. The van der Waals surface area contributed by atoms with Gasteiger partial charge in [0.1, 0.15) is 0 Å². The second-order valence-electron chi connectivity index (χ2n) is 4.79. The summed E-state index contributed by atoms with van der Waals surface area (Å²) in [4.78, 5) is 6.61. The zero-order chi connectivity index (χ0) is 11.6. The monoisotopic (exact) mass is 224 g/mol. The summed E-state index contributed by atoms with van der Waals surface area (Å²) in [5, 5.41) is 7.37. The topological polar surface area (TPSA) is 54.2 Å². The maximum absolute atomic E-state index is 5.15. The fraction of sp³-hybridized carbons (Fsp3) is 0.818. The normalized spacial score (nSPS) is 27.2. The van der Waals surface area contributed by atoms with Crippen molar-refractivity contribution in [3.8, 4) is 0 Å². The van der Waals surface area contributed by atoms with Gasteiger partial charge in [-0.15, -0.1) is 0 Å². The molecule has 1 unspecified atom stereocenters. The summed E-state index contributed by atoms with van der Waals surface area (Å²) < 4.78 is 5.15. The molecule has 1 saturated heterocycles. The van der Waals surface area contributed by atoms with E-state index in [9.17, 15) is 0 Å². The molecule has 0 aromatic carbocycles. The molecular formula is C11H20N4O. The molecule has 1 atom stereocenters. The molecule has 2 heterocycles. The molecule has 2 rings (SSSR count). The molecule has 0 amide bonds. The summed E-state index contributed by atoms with van der Waals surface area (Å²) in [6, 6.07) is 0. The smallest absolute Gasteiger partial charge is 0.240 e. The molecule has 16 heavy (non-hydrogen) atoms. The Balaban J connectivity index is 1.95. The van der Waals surface area contributed by atoms with Crippen LogP contribution < -0.4 is 5.32 Å². The van der Waals surface area contributed by atoms with Gasteiger partial charge in [-0.25, -0.2) is 0 Å². The predicted molar refractivity (Wildman–Crippen MR) is 61.0 cm³/mol. The Hall–Kier alpha value is -0.940. The molecule has 0 bridgehead atoms. The van der Waals surface area contributed by atoms with E-state index in [1.165, 1.54) is 0 Å². The van der Waals surface area contributed by atoms with Crippen molar-refractivity contribution in [1.29, 1.82) is 0 Å². The minimum absolute atomic E-state index is 0.216. The Labute approximate surface area is 96.2 Å². The zero-order valence-electron chi connectivity index (χ0n) is 10.3. The first-order valence-electron chi connectivity index (χ1n) is 5.88. The van der Waals surface area contributed by atoms with Crippen LogP contribution in [0.25, 0.3) is 0 Å². The number of aryl methyl sites for hydroxylation is 1. The highest BCUT2D eigenvalue weighted by atomic mass is 16.5. The highest BCUT2D eigenvalue weighted by Crippen LogP contribution is 2.16. The van der Waals surface area contributed by atoms with Gasteiger partial charge in [-0.05, 0) is 20.3 Å². The van der Waals surface area contributed by atoms with Gasteiger partial charge in [-0.3, -0.25) is 4.90 Å². The van der Waals surface area contributed by atoms with Crippen molar-refractivity contribution in [3.63, 3.8) is 0 Å². The van der Waals surface area contributed by atoms with Crippen molar-refractivity contribution in [3.05, 3.63) is 11.7 Å². The van der Waals surface area contributed by atoms with Crippen molar-refractivity contribution in [2.24, 2.45) is 0 Å². The average molecular weight is 224 g/mol. The third-order valence-electron chi connectivity index (χ3n) is 3.26. The second-order valence-corrected chi connectivity index (χ2v) is 4.79. The van der Waals surface area contributed by atoms with Gasteiger partial charge in [0, 0.05) is 25.2 Å². The molecule has 1 aliphatic rings. The molecule has 1 aliphatic heterocycles. The lowest BCUT2D eigenvalue weighted by Gasteiger charge is -2.40. The van der Waals surface area contributed by atoms with E-state index in [1.54, 1.807) is 0 Å². The fourth-order valence-corrected chi connectivity index (χ4v) is 2.11. The Kier molecular flexibility index (Phi) is 3.25. The lowest BCUT2D eigenvalue weighted by atomic mass is 9.96. The van der Waals surface area contributed by atoms with E-state index in [-0.39, 0.29) is 5.54 Å². The number of aromatic nitrogens is 2. The lowest BCUT2D eigenvalue weighted by molar-refractivity contribution is 0.121. The molecule has 1 N–H and O–H groups in total. The van der Waals surface area contributed by atoms with Crippen LogP contribution in [0.1, 0.15) is 32.0 Å². The van der Waals surface area contributed by atoms with Crippen LogP contribution in [-0.4, -0.2) is 40.2 Å². The minimum Gasteiger partial charge on any atom is -0.338 e. The Morgan fingerprint density at radius 1 is 1.56 bits per heavy atom. The molecule has 0 radical (unpaired) electrons. The van der Waals surface area contributed by atoms with Crippen molar-refractivity contribution in [2.75, 3.05) is 19.6 Å². The third kappa shape index (κ3) is 2.59. The largest absolute Gasteiger partial charge is 0.338 e. The van der Waals surface area contributed by atoms with Gasteiger partial charge in [0.05, 0.1) is 6.54 Å². The maximum atomic E-state index is 5.15. The molecule has 1 aromatic heterocycles. The van der Waals surface area contributed by atoms with E-state index in [0.717, 1.165) is 38.5 Å². The van der Waals surface area contributed by atoms with Gasteiger partial charge in [-0.2, -0.15) is 4.98 Å². The van der Waals surface area contributed by atoms with E-state index >= 15 is 0 Å². The van der Waals surface area contributed by atoms with E-state index in [4.69, 9.17) is 4.52 Å². The summed E-state index contributed by atoms with van der Waals surface area (Å²) >= 11 is 0.